The third-order valence-corrected chi connectivity index (χ3v) is 3.83. The Morgan fingerprint density at radius 3 is 2.61 bits per heavy atom. The molecule has 0 aliphatic carbocycles. The van der Waals surface area contributed by atoms with Gasteiger partial charge in [-0.3, -0.25) is 4.79 Å². The molecule has 4 nitrogen and oxygen atoms in total. The van der Waals surface area contributed by atoms with Gasteiger partial charge in [0.05, 0.1) is 17.4 Å². The molecular formula is C14H24N2O2. The maximum atomic E-state index is 11.0. The van der Waals surface area contributed by atoms with Crippen LogP contribution in [0, 0.1) is 28.6 Å². The molecule has 2 unspecified atom stereocenters. The second-order valence-corrected chi connectivity index (χ2v) is 6.13. The molecule has 0 spiro atoms. The lowest BCUT2D eigenvalue weighted by Crippen LogP contribution is -2.24. The number of nitriles is 1. The molecule has 1 saturated heterocycles. The molecule has 102 valence electrons. The molecule has 1 rings (SSSR count). The maximum Gasteiger partial charge on any atom is 0.308 e. The fourth-order valence-corrected chi connectivity index (χ4v) is 2.53. The highest BCUT2D eigenvalue weighted by molar-refractivity contribution is 5.71. The highest BCUT2D eigenvalue weighted by Crippen LogP contribution is 2.25. The molecule has 1 fully saturated rings. The SMILES string of the molecule is CC1CN(CCCCC(C)(C)C#N)CC1C(=O)O. The average molecular weight is 252 g/mol. The second-order valence-electron chi connectivity index (χ2n) is 6.13. The minimum Gasteiger partial charge on any atom is -0.481 e. The Hall–Kier alpha value is -1.08. The Bertz CT molecular complexity index is 333. The van der Waals surface area contributed by atoms with Gasteiger partial charge in [-0.2, -0.15) is 5.26 Å². The van der Waals surface area contributed by atoms with Crippen LogP contribution in [-0.2, 0) is 4.79 Å². The Morgan fingerprint density at radius 2 is 2.11 bits per heavy atom. The first kappa shape index (κ1) is 15.0. The molecule has 1 heterocycles. The first-order valence-corrected chi connectivity index (χ1v) is 6.72. The van der Waals surface area contributed by atoms with Crippen LogP contribution in [0.25, 0.3) is 0 Å². The fraction of sp³-hybridized carbons (Fsp3) is 0.857. The Balaban J connectivity index is 2.23. The highest BCUT2D eigenvalue weighted by atomic mass is 16.4. The molecular weight excluding hydrogens is 228 g/mol. The zero-order chi connectivity index (χ0) is 13.8. The number of carboxylic acids is 1. The van der Waals surface area contributed by atoms with Crippen LogP contribution in [0.15, 0.2) is 0 Å². The minimum absolute atomic E-state index is 0.208. The predicted octanol–water partition coefficient (Wildman–Crippen LogP) is 2.36. The largest absolute Gasteiger partial charge is 0.481 e. The third kappa shape index (κ3) is 4.30. The van der Waals surface area contributed by atoms with E-state index in [-0.39, 0.29) is 17.3 Å². The van der Waals surface area contributed by atoms with Crippen LogP contribution < -0.4 is 0 Å². The summed E-state index contributed by atoms with van der Waals surface area (Å²) in [5.74, 6) is -0.630. The number of likely N-dealkylation sites (tertiary alicyclic amines) is 1. The summed E-state index contributed by atoms with van der Waals surface area (Å²) in [6.07, 6.45) is 2.99. The van der Waals surface area contributed by atoms with Crippen molar-refractivity contribution in [2.45, 2.75) is 40.0 Å². The molecule has 2 atom stereocenters. The van der Waals surface area contributed by atoms with Gasteiger partial charge < -0.3 is 10.0 Å². The number of carboxylic acid groups (broad SMARTS) is 1. The monoisotopic (exact) mass is 252 g/mol. The van der Waals surface area contributed by atoms with Gasteiger partial charge in [0.1, 0.15) is 0 Å². The van der Waals surface area contributed by atoms with E-state index in [1.54, 1.807) is 0 Å². The van der Waals surface area contributed by atoms with Gasteiger partial charge in [-0.05, 0) is 39.2 Å². The number of rotatable bonds is 6. The van der Waals surface area contributed by atoms with Crippen LogP contribution in [0.2, 0.25) is 0 Å². The van der Waals surface area contributed by atoms with Crippen LogP contribution in [0.3, 0.4) is 0 Å². The topological polar surface area (TPSA) is 64.3 Å². The first-order valence-electron chi connectivity index (χ1n) is 6.72. The smallest absolute Gasteiger partial charge is 0.308 e. The van der Waals surface area contributed by atoms with Crippen molar-refractivity contribution in [1.82, 2.24) is 4.90 Å². The third-order valence-electron chi connectivity index (χ3n) is 3.83. The molecule has 0 radical (unpaired) electrons. The zero-order valence-corrected chi connectivity index (χ0v) is 11.6. The Kier molecular flexibility index (Phi) is 5.15. The van der Waals surface area contributed by atoms with Gasteiger partial charge in [-0.1, -0.05) is 13.3 Å². The summed E-state index contributed by atoms with van der Waals surface area (Å²) in [4.78, 5) is 13.2. The standard InChI is InChI=1S/C14H24N2O2/c1-11-8-16(9-12(11)13(17)18)7-5-4-6-14(2,3)10-15/h11-12H,4-9H2,1-3H3,(H,17,18). The van der Waals surface area contributed by atoms with E-state index < -0.39 is 5.97 Å². The lowest BCUT2D eigenvalue weighted by atomic mass is 9.89. The van der Waals surface area contributed by atoms with E-state index >= 15 is 0 Å². The molecule has 0 aromatic carbocycles. The van der Waals surface area contributed by atoms with Crippen molar-refractivity contribution < 1.29 is 9.90 Å². The number of hydrogen-bond acceptors (Lipinski definition) is 3. The zero-order valence-electron chi connectivity index (χ0n) is 11.6. The van der Waals surface area contributed by atoms with Crippen molar-refractivity contribution in [3.63, 3.8) is 0 Å². The van der Waals surface area contributed by atoms with E-state index in [0.29, 0.717) is 6.54 Å². The van der Waals surface area contributed by atoms with Gasteiger partial charge in [-0.25, -0.2) is 0 Å². The number of nitrogens with zero attached hydrogens (tertiary/aromatic N) is 2. The lowest BCUT2D eigenvalue weighted by molar-refractivity contribution is -0.142. The van der Waals surface area contributed by atoms with Gasteiger partial charge in [0.15, 0.2) is 0 Å². The fourth-order valence-electron chi connectivity index (χ4n) is 2.53. The van der Waals surface area contributed by atoms with Crippen LogP contribution in [0.1, 0.15) is 40.0 Å². The van der Waals surface area contributed by atoms with Gasteiger partial charge in [-0.15, -0.1) is 0 Å². The second kappa shape index (κ2) is 6.19. The number of hydrogen-bond donors (Lipinski definition) is 1. The normalized spacial score (nSPS) is 25.0. The summed E-state index contributed by atoms with van der Waals surface area (Å²) in [6, 6.07) is 2.31. The number of aliphatic carboxylic acids is 1. The number of carbonyl (C=O) groups is 1. The Morgan fingerprint density at radius 1 is 1.44 bits per heavy atom. The van der Waals surface area contributed by atoms with E-state index in [0.717, 1.165) is 32.4 Å². The Labute approximate surface area is 110 Å². The van der Waals surface area contributed by atoms with Crippen molar-refractivity contribution in [3.05, 3.63) is 0 Å². The van der Waals surface area contributed by atoms with Gasteiger partial charge in [0.25, 0.3) is 0 Å². The van der Waals surface area contributed by atoms with Crippen molar-refractivity contribution in [2.24, 2.45) is 17.3 Å². The van der Waals surface area contributed by atoms with E-state index in [2.05, 4.69) is 11.0 Å². The minimum atomic E-state index is -0.671. The van der Waals surface area contributed by atoms with Crippen LogP contribution in [-0.4, -0.2) is 35.6 Å². The van der Waals surface area contributed by atoms with E-state index in [9.17, 15) is 4.79 Å². The molecule has 0 aromatic heterocycles. The average Bonchev–Trinajstić information content (AvgIpc) is 2.66. The van der Waals surface area contributed by atoms with Crippen LogP contribution >= 0.6 is 0 Å². The predicted molar refractivity (Wildman–Crippen MR) is 70.0 cm³/mol. The van der Waals surface area contributed by atoms with Crippen LogP contribution in [0.5, 0.6) is 0 Å². The van der Waals surface area contributed by atoms with Crippen molar-refractivity contribution in [2.75, 3.05) is 19.6 Å². The molecule has 1 N–H and O–H groups in total. The lowest BCUT2D eigenvalue weighted by Gasteiger charge is -2.17. The molecule has 4 heteroatoms. The van der Waals surface area contributed by atoms with Gasteiger partial charge >= 0.3 is 5.97 Å². The van der Waals surface area contributed by atoms with Crippen LogP contribution in [0.4, 0.5) is 0 Å². The summed E-state index contributed by atoms with van der Waals surface area (Å²) in [7, 11) is 0. The van der Waals surface area contributed by atoms with E-state index in [1.165, 1.54) is 0 Å². The van der Waals surface area contributed by atoms with E-state index in [4.69, 9.17) is 10.4 Å². The molecule has 0 saturated carbocycles. The molecule has 18 heavy (non-hydrogen) atoms. The summed E-state index contributed by atoms with van der Waals surface area (Å²) in [5.41, 5.74) is -0.234. The quantitative estimate of drug-likeness (QED) is 0.737. The maximum absolute atomic E-state index is 11.0. The molecule has 0 aromatic rings. The first-order chi connectivity index (χ1) is 8.35. The molecule has 1 aliphatic rings. The van der Waals surface area contributed by atoms with Gasteiger partial charge in [0.2, 0.25) is 0 Å². The summed E-state index contributed by atoms with van der Waals surface area (Å²) in [6.45, 7) is 8.46. The summed E-state index contributed by atoms with van der Waals surface area (Å²) < 4.78 is 0. The molecule has 0 bridgehead atoms. The number of unbranched alkanes of at least 4 members (excludes halogenated alkanes) is 1. The highest BCUT2D eigenvalue weighted by Gasteiger charge is 2.34. The summed E-state index contributed by atoms with van der Waals surface area (Å²) >= 11 is 0. The van der Waals surface area contributed by atoms with Gasteiger partial charge in [0, 0.05) is 13.1 Å². The van der Waals surface area contributed by atoms with Crippen molar-refractivity contribution in [3.8, 4) is 6.07 Å². The summed E-state index contributed by atoms with van der Waals surface area (Å²) in [5, 5.41) is 18.0. The van der Waals surface area contributed by atoms with Crippen molar-refractivity contribution >= 4 is 5.97 Å². The van der Waals surface area contributed by atoms with E-state index in [1.807, 2.05) is 20.8 Å². The van der Waals surface area contributed by atoms with Crippen molar-refractivity contribution in [1.29, 1.82) is 5.26 Å². The molecule has 1 aliphatic heterocycles. The molecule has 0 amide bonds.